The molecule has 0 bridgehead atoms. The van der Waals surface area contributed by atoms with Crippen LogP contribution in [0.15, 0.2) is 18.2 Å². The number of rotatable bonds is 1. The maximum Gasteiger partial charge on any atom is 0.318 e. The van der Waals surface area contributed by atoms with E-state index in [1.807, 2.05) is 52.8 Å². The Morgan fingerprint density at radius 2 is 1.87 bits per heavy atom. The van der Waals surface area contributed by atoms with E-state index in [1.54, 1.807) is 16.7 Å². The SMILES string of the molecule is Cc1ccc(C)c(N2CCN(C(=O)NC(C)(C)C)[C@@H](C)C2=O)c1. The van der Waals surface area contributed by atoms with Crippen LogP contribution < -0.4 is 10.2 Å². The monoisotopic (exact) mass is 317 g/mol. The van der Waals surface area contributed by atoms with Crippen LogP contribution in [0.1, 0.15) is 38.8 Å². The van der Waals surface area contributed by atoms with Crippen LogP contribution in [-0.2, 0) is 4.79 Å². The Morgan fingerprint density at radius 3 is 2.48 bits per heavy atom. The number of hydrogen-bond donors (Lipinski definition) is 1. The molecule has 0 aliphatic carbocycles. The van der Waals surface area contributed by atoms with Gasteiger partial charge in [-0.1, -0.05) is 12.1 Å². The summed E-state index contributed by atoms with van der Waals surface area (Å²) < 4.78 is 0. The number of nitrogens with one attached hydrogen (secondary N) is 1. The van der Waals surface area contributed by atoms with E-state index in [0.29, 0.717) is 13.1 Å². The highest BCUT2D eigenvalue weighted by Gasteiger charge is 2.36. The topological polar surface area (TPSA) is 52.6 Å². The van der Waals surface area contributed by atoms with E-state index in [9.17, 15) is 9.59 Å². The van der Waals surface area contributed by atoms with E-state index in [0.717, 1.165) is 16.8 Å². The quantitative estimate of drug-likeness (QED) is 0.866. The smallest absolute Gasteiger partial charge is 0.318 e. The molecule has 1 saturated heterocycles. The van der Waals surface area contributed by atoms with Gasteiger partial charge < -0.3 is 15.1 Å². The van der Waals surface area contributed by atoms with Gasteiger partial charge in [-0.15, -0.1) is 0 Å². The molecule has 0 spiro atoms. The van der Waals surface area contributed by atoms with Crippen LogP contribution in [0, 0.1) is 13.8 Å². The summed E-state index contributed by atoms with van der Waals surface area (Å²) in [6.45, 7) is 12.7. The number of nitrogens with zero attached hydrogens (tertiary/aromatic N) is 2. The number of carbonyl (C=O) groups excluding carboxylic acids is 2. The van der Waals surface area contributed by atoms with Crippen molar-refractivity contribution >= 4 is 17.6 Å². The molecule has 1 aliphatic heterocycles. The third kappa shape index (κ3) is 3.84. The van der Waals surface area contributed by atoms with Gasteiger partial charge in [0.1, 0.15) is 6.04 Å². The molecule has 0 radical (unpaired) electrons. The first-order chi connectivity index (χ1) is 10.6. The molecule has 1 heterocycles. The highest BCUT2D eigenvalue weighted by atomic mass is 16.2. The molecule has 0 unspecified atom stereocenters. The van der Waals surface area contributed by atoms with Gasteiger partial charge in [-0.3, -0.25) is 4.79 Å². The van der Waals surface area contributed by atoms with Crippen LogP contribution in [-0.4, -0.2) is 41.5 Å². The highest BCUT2D eigenvalue weighted by Crippen LogP contribution is 2.25. The molecular weight excluding hydrogens is 290 g/mol. The normalized spacial score (nSPS) is 19.0. The van der Waals surface area contributed by atoms with Gasteiger partial charge in [-0.25, -0.2) is 4.79 Å². The third-order valence-corrected chi connectivity index (χ3v) is 4.05. The van der Waals surface area contributed by atoms with Gasteiger partial charge in [-0.2, -0.15) is 0 Å². The molecule has 126 valence electrons. The van der Waals surface area contributed by atoms with E-state index in [2.05, 4.69) is 5.32 Å². The van der Waals surface area contributed by atoms with Crippen molar-refractivity contribution in [1.82, 2.24) is 10.2 Å². The predicted molar refractivity (Wildman–Crippen MR) is 92.7 cm³/mol. The summed E-state index contributed by atoms with van der Waals surface area (Å²) in [5, 5.41) is 2.93. The predicted octanol–water partition coefficient (Wildman–Crippen LogP) is 2.85. The number of aryl methyl sites for hydroxylation is 2. The van der Waals surface area contributed by atoms with Crippen molar-refractivity contribution in [3.05, 3.63) is 29.3 Å². The van der Waals surface area contributed by atoms with Gasteiger partial charge in [-0.05, 0) is 58.7 Å². The van der Waals surface area contributed by atoms with Crippen molar-refractivity contribution in [2.45, 2.75) is 53.1 Å². The molecule has 5 heteroatoms. The number of urea groups is 1. The van der Waals surface area contributed by atoms with Gasteiger partial charge >= 0.3 is 6.03 Å². The van der Waals surface area contributed by atoms with E-state index in [4.69, 9.17) is 0 Å². The summed E-state index contributed by atoms with van der Waals surface area (Å²) in [6.07, 6.45) is 0. The van der Waals surface area contributed by atoms with Gasteiger partial charge in [0.25, 0.3) is 0 Å². The maximum absolute atomic E-state index is 12.8. The van der Waals surface area contributed by atoms with Crippen LogP contribution in [0.5, 0.6) is 0 Å². The van der Waals surface area contributed by atoms with Gasteiger partial charge in [0.15, 0.2) is 0 Å². The Labute approximate surface area is 138 Å². The fourth-order valence-electron chi connectivity index (χ4n) is 2.79. The minimum absolute atomic E-state index is 0.0333. The van der Waals surface area contributed by atoms with Gasteiger partial charge in [0.05, 0.1) is 0 Å². The Hall–Kier alpha value is -2.04. The average molecular weight is 317 g/mol. The number of carbonyl (C=O) groups is 2. The van der Waals surface area contributed by atoms with E-state index < -0.39 is 6.04 Å². The number of hydrogen-bond acceptors (Lipinski definition) is 2. The summed E-state index contributed by atoms with van der Waals surface area (Å²) in [7, 11) is 0. The lowest BCUT2D eigenvalue weighted by atomic mass is 10.1. The Balaban J connectivity index is 2.18. The summed E-state index contributed by atoms with van der Waals surface area (Å²) in [4.78, 5) is 28.6. The molecule has 3 amide bonds. The lowest BCUT2D eigenvalue weighted by Crippen LogP contribution is -2.61. The van der Waals surface area contributed by atoms with Crippen LogP contribution in [0.25, 0.3) is 0 Å². The van der Waals surface area contributed by atoms with Gasteiger partial charge in [0, 0.05) is 24.3 Å². The minimum Gasteiger partial charge on any atom is -0.333 e. The summed E-state index contributed by atoms with van der Waals surface area (Å²) >= 11 is 0. The van der Waals surface area contributed by atoms with Crippen LogP contribution in [0.2, 0.25) is 0 Å². The number of anilines is 1. The van der Waals surface area contributed by atoms with Crippen LogP contribution in [0.3, 0.4) is 0 Å². The van der Waals surface area contributed by atoms with Crippen molar-refractivity contribution in [3.8, 4) is 0 Å². The first-order valence-electron chi connectivity index (χ1n) is 8.07. The minimum atomic E-state index is -0.467. The molecule has 5 nitrogen and oxygen atoms in total. The zero-order valence-corrected chi connectivity index (χ0v) is 14.9. The van der Waals surface area contributed by atoms with E-state index in [-0.39, 0.29) is 17.5 Å². The number of piperazine rings is 1. The Kier molecular flexibility index (Phi) is 4.68. The van der Waals surface area contributed by atoms with Crippen molar-refractivity contribution in [3.63, 3.8) is 0 Å². The molecule has 1 atom stereocenters. The fourth-order valence-corrected chi connectivity index (χ4v) is 2.79. The Bertz CT molecular complexity index is 619. The van der Waals surface area contributed by atoms with E-state index in [1.165, 1.54) is 0 Å². The largest absolute Gasteiger partial charge is 0.333 e. The maximum atomic E-state index is 12.8. The van der Waals surface area contributed by atoms with Crippen molar-refractivity contribution in [2.24, 2.45) is 0 Å². The zero-order valence-electron chi connectivity index (χ0n) is 14.9. The zero-order chi connectivity index (χ0) is 17.4. The van der Waals surface area contributed by atoms with E-state index >= 15 is 0 Å². The lowest BCUT2D eigenvalue weighted by Gasteiger charge is -2.40. The van der Waals surface area contributed by atoms with Gasteiger partial charge in [0.2, 0.25) is 5.91 Å². The third-order valence-electron chi connectivity index (χ3n) is 4.05. The highest BCUT2D eigenvalue weighted by molar-refractivity contribution is 6.00. The second kappa shape index (κ2) is 6.22. The molecule has 1 fully saturated rings. The van der Waals surface area contributed by atoms with Crippen molar-refractivity contribution in [1.29, 1.82) is 0 Å². The molecule has 1 aromatic carbocycles. The molecule has 1 aliphatic rings. The molecule has 23 heavy (non-hydrogen) atoms. The molecular formula is C18H27N3O2. The van der Waals surface area contributed by atoms with Crippen molar-refractivity contribution in [2.75, 3.05) is 18.0 Å². The second-order valence-electron chi connectivity index (χ2n) is 7.33. The van der Waals surface area contributed by atoms with Crippen LogP contribution >= 0.6 is 0 Å². The first-order valence-corrected chi connectivity index (χ1v) is 8.07. The number of amides is 3. The molecule has 1 aromatic rings. The van der Waals surface area contributed by atoms with Crippen molar-refractivity contribution < 1.29 is 9.59 Å². The lowest BCUT2D eigenvalue weighted by molar-refractivity contribution is -0.124. The molecule has 0 aromatic heterocycles. The Morgan fingerprint density at radius 1 is 1.22 bits per heavy atom. The second-order valence-corrected chi connectivity index (χ2v) is 7.33. The number of benzene rings is 1. The fraction of sp³-hybridized carbons (Fsp3) is 0.556. The standard InChI is InChI=1S/C18H27N3O2/c1-12-7-8-13(2)15(11-12)21-10-9-20(14(3)16(21)22)17(23)19-18(4,5)6/h7-8,11,14H,9-10H2,1-6H3,(H,19,23)/t14-/m0/s1. The average Bonchev–Trinajstić information content (AvgIpc) is 2.42. The molecule has 1 N–H and O–H groups in total. The summed E-state index contributed by atoms with van der Waals surface area (Å²) in [6, 6.07) is 5.45. The molecule has 2 rings (SSSR count). The molecule has 0 saturated carbocycles. The van der Waals surface area contributed by atoms with Crippen LogP contribution in [0.4, 0.5) is 10.5 Å². The summed E-state index contributed by atoms with van der Waals surface area (Å²) in [5.41, 5.74) is 2.82. The summed E-state index contributed by atoms with van der Waals surface area (Å²) in [5.74, 6) is -0.0333. The first kappa shape index (κ1) is 17.3.